The SMILES string of the molecule is Cc1ccc(C(O)(c2ccc(C)cc2)C(C)CN)cc1.Cl. The van der Waals surface area contributed by atoms with Crippen molar-refractivity contribution in [2.45, 2.75) is 26.4 Å². The molecule has 2 aromatic rings. The maximum absolute atomic E-state index is 11.3. The zero-order valence-corrected chi connectivity index (χ0v) is 13.7. The molecule has 0 aliphatic rings. The van der Waals surface area contributed by atoms with Gasteiger partial charge in [-0.15, -0.1) is 12.4 Å². The highest BCUT2D eigenvalue weighted by molar-refractivity contribution is 5.85. The van der Waals surface area contributed by atoms with Gasteiger partial charge in [-0.2, -0.15) is 0 Å². The molecule has 0 radical (unpaired) electrons. The zero-order chi connectivity index (χ0) is 14.8. The van der Waals surface area contributed by atoms with E-state index >= 15 is 0 Å². The molecule has 0 fully saturated rings. The van der Waals surface area contributed by atoms with Crippen molar-refractivity contribution in [3.8, 4) is 0 Å². The van der Waals surface area contributed by atoms with Gasteiger partial charge in [-0.05, 0) is 31.5 Å². The molecule has 0 bridgehead atoms. The van der Waals surface area contributed by atoms with Gasteiger partial charge in [-0.3, -0.25) is 0 Å². The summed E-state index contributed by atoms with van der Waals surface area (Å²) in [6.45, 7) is 6.50. The van der Waals surface area contributed by atoms with E-state index in [2.05, 4.69) is 0 Å². The van der Waals surface area contributed by atoms with Crippen LogP contribution in [0.3, 0.4) is 0 Å². The molecule has 1 atom stereocenters. The van der Waals surface area contributed by atoms with Crippen molar-refractivity contribution in [2.24, 2.45) is 11.7 Å². The molecule has 2 aromatic carbocycles. The van der Waals surface area contributed by atoms with E-state index in [-0.39, 0.29) is 18.3 Å². The van der Waals surface area contributed by atoms with E-state index < -0.39 is 5.60 Å². The first-order chi connectivity index (χ1) is 9.48. The smallest absolute Gasteiger partial charge is 0.118 e. The minimum absolute atomic E-state index is 0. The minimum atomic E-state index is -1.05. The van der Waals surface area contributed by atoms with Gasteiger partial charge in [-0.25, -0.2) is 0 Å². The predicted octanol–water partition coefficient (Wildman–Crippen LogP) is 3.56. The van der Waals surface area contributed by atoms with Gasteiger partial charge in [-0.1, -0.05) is 66.6 Å². The van der Waals surface area contributed by atoms with E-state index in [0.717, 1.165) is 11.1 Å². The molecule has 0 heterocycles. The lowest BCUT2D eigenvalue weighted by molar-refractivity contribution is 0.0276. The molecule has 0 spiro atoms. The van der Waals surface area contributed by atoms with E-state index in [1.165, 1.54) is 11.1 Å². The van der Waals surface area contributed by atoms with Crippen LogP contribution in [0.4, 0.5) is 0 Å². The van der Waals surface area contributed by atoms with E-state index in [1.54, 1.807) is 0 Å². The van der Waals surface area contributed by atoms with Gasteiger partial charge < -0.3 is 10.8 Å². The highest BCUT2D eigenvalue weighted by Crippen LogP contribution is 2.36. The summed E-state index contributed by atoms with van der Waals surface area (Å²) in [7, 11) is 0. The average Bonchev–Trinajstić information content (AvgIpc) is 2.47. The van der Waals surface area contributed by atoms with E-state index in [9.17, 15) is 5.11 Å². The minimum Gasteiger partial charge on any atom is -0.380 e. The Bertz CT molecular complexity index is 517. The van der Waals surface area contributed by atoms with Crippen molar-refractivity contribution in [3.05, 3.63) is 70.8 Å². The third kappa shape index (κ3) is 3.46. The van der Waals surface area contributed by atoms with Crippen molar-refractivity contribution < 1.29 is 5.11 Å². The Balaban J connectivity index is 0.00000220. The molecule has 0 saturated heterocycles. The van der Waals surface area contributed by atoms with Gasteiger partial charge in [0.2, 0.25) is 0 Å². The van der Waals surface area contributed by atoms with Gasteiger partial charge in [0, 0.05) is 5.92 Å². The summed E-state index contributed by atoms with van der Waals surface area (Å²) in [6.07, 6.45) is 0. The first kappa shape index (κ1) is 17.7. The molecular formula is C18H24ClNO. The van der Waals surface area contributed by atoms with Crippen LogP contribution in [0.25, 0.3) is 0 Å². The fraction of sp³-hybridized carbons (Fsp3) is 0.333. The molecule has 0 saturated carbocycles. The number of hydrogen-bond acceptors (Lipinski definition) is 2. The van der Waals surface area contributed by atoms with Gasteiger partial charge in [0.15, 0.2) is 0 Å². The normalized spacial score (nSPS) is 12.6. The number of aryl methyl sites for hydroxylation is 2. The van der Waals surface area contributed by atoms with Crippen LogP contribution in [-0.2, 0) is 5.60 Å². The third-order valence-electron chi connectivity index (χ3n) is 4.05. The van der Waals surface area contributed by atoms with Crippen LogP contribution in [0.5, 0.6) is 0 Å². The summed E-state index contributed by atoms with van der Waals surface area (Å²) in [4.78, 5) is 0. The summed E-state index contributed by atoms with van der Waals surface area (Å²) in [5.41, 5.74) is 8.94. The Hall–Kier alpha value is -1.35. The van der Waals surface area contributed by atoms with Gasteiger partial charge >= 0.3 is 0 Å². The number of benzene rings is 2. The van der Waals surface area contributed by atoms with E-state index in [0.29, 0.717) is 6.54 Å². The van der Waals surface area contributed by atoms with E-state index in [4.69, 9.17) is 5.73 Å². The molecule has 2 rings (SSSR count). The molecule has 0 amide bonds. The van der Waals surface area contributed by atoms with Crippen LogP contribution < -0.4 is 5.73 Å². The van der Waals surface area contributed by atoms with Crippen LogP contribution in [0.2, 0.25) is 0 Å². The number of aliphatic hydroxyl groups is 1. The number of nitrogens with two attached hydrogens (primary N) is 1. The second-order valence-corrected chi connectivity index (χ2v) is 5.64. The Morgan fingerprint density at radius 2 is 1.24 bits per heavy atom. The van der Waals surface area contributed by atoms with Crippen molar-refractivity contribution in [1.82, 2.24) is 0 Å². The van der Waals surface area contributed by atoms with Crippen LogP contribution in [-0.4, -0.2) is 11.7 Å². The summed E-state index contributed by atoms with van der Waals surface area (Å²) >= 11 is 0. The Labute approximate surface area is 133 Å². The van der Waals surface area contributed by atoms with Crippen LogP contribution in [0.1, 0.15) is 29.2 Å². The monoisotopic (exact) mass is 305 g/mol. The highest BCUT2D eigenvalue weighted by atomic mass is 35.5. The first-order valence-electron chi connectivity index (χ1n) is 7.05. The molecule has 114 valence electrons. The fourth-order valence-electron chi connectivity index (χ4n) is 2.52. The standard InChI is InChI=1S/C18H23NO.ClH/c1-13-4-8-16(9-5-13)18(20,15(3)12-19)17-10-6-14(2)7-11-17;/h4-11,15,20H,12,19H2,1-3H3;1H. The van der Waals surface area contributed by atoms with Crippen LogP contribution >= 0.6 is 12.4 Å². The summed E-state index contributed by atoms with van der Waals surface area (Å²) in [5, 5.41) is 11.3. The third-order valence-corrected chi connectivity index (χ3v) is 4.05. The molecule has 2 nitrogen and oxygen atoms in total. The molecule has 0 aromatic heterocycles. The van der Waals surface area contributed by atoms with E-state index in [1.807, 2.05) is 69.3 Å². The second kappa shape index (κ2) is 7.08. The van der Waals surface area contributed by atoms with Crippen molar-refractivity contribution >= 4 is 12.4 Å². The van der Waals surface area contributed by atoms with Crippen molar-refractivity contribution in [2.75, 3.05) is 6.54 Å². The summed E-state index contributed by atoms with van der Waals surface area (Å²) < 4.78 is 0. The van der Waals surface area contributed by atoms with Gasteiger partial charge in [0.05, 0.1) is 0 Å². The Morgan fingerprint density at radius 3 is 1.52 bits per heavy atom. The number of rotatable bonds is 4. The lowest BCUT2D eigenvalue weighted by Gasteiger charge is -2.35. The molecule has 21 heavy (non-hydrogen) atoms. The number of hydrogen-bond donors (Lipinski definition) is 2. The maximum Gasteiger partial charge on any atom is 0.118 e. The summed E-state index contributed by atoms with van der Waals surface area (Å²) in [6, 6.07) is 16.1. The van der Waals surface area contributed by atoms with Gasteiger partial charge in [0.25, 0.3) is 0 Å². The first-order valence-corrected chi connectivity index (χ1v) is 7.05. The molecular weight excluding hydrogens is 282 g/mol. The molecule has 3 heteroatoms. The largest absolute Gasteiger partial charge is 0.380 e. The molecule has 3 N–H and O–H groups in total. The highest BCUT2D eigenvalue weighted by Gasteiger charge is 2.36. The predicted molar refractivity (Wildman–Crippen MR) is 90.8 cm³/mol. The second-order valence-electron chi connectivity index (χ2n) is 5.64. The zero-order valence-electron chi connectivity index (χ0n) is 12.8. The van der Waals surface area contributed by atoms with Crippen LogP contribution in [0, 0.1) is 19.8 Å². The average molecular weight is 306 g/mol. The summed E-state index contributed by atoms with van der Waals surface area (Å²) in [5.74, 6) is -0.0621. The Kier molecular flexibility index (Phi) is 5.97. The van der Waals surface area contributed by atoms with Crippen molar-refractivity contribution in [3.63, 3.8) is 0 Å². The maximum atomic E-state index is 11.3. The lowest BCUT2D eigenvalue weighted by atomic mass is 9.76. The van der Waals surface area contributed by atoms with Crippen molar-refractivity contribution in [1.29, 1.82) is 0 Å². The lowest BCUT2D eigenvalue weighted by Crippen LogP contribution is -2.38. The Morgan fingerprint density at radius 1 is 0.905 bits per heavy atom. The molecule has 0 aliphatic carbocycles. The van der Waals surface area contributed by atoms with Crippen LogP contribution in [0.15, 0.2) is 48.5 Å². The topological polar surface area (TPSA) is 46.2 Å². The van der Waals surface area contributed by atoms with Gasteiger partial charge in [0.1, 0.15) is 5.60 Å². The fourth-order valence-corrected chi connectivity index (χ4v) is 2.52. The molecule has 0 aliphatic heterocycles. The quantitative estimate of drug-likeness (QED) is 0.907. The molecule has 1 unspecified atom stereocenters. The number of halogens is 1.